The zero-order valence-corrected chi connectivity index (χ0v) is 9.34. The van der Waals surface area contributed by atoms with Crippen molar-refractivity contribution in [2.45, 2.75) is 26.7 Å². The van der Waals surface area contributed by atoms with E-state index in [1.165, 1.54) is 19.8 Å². The molecule has 0 aromatic heterocycles. The van der Waals surface area contributed by atoms with Gasteiger partial charge in [-0.15, -0.1) is 0 Å². The van der Waals surface area contributed by atoms with Crippen molar-refractivity contribution in [3.8, 4) is 0 Å². The van der Waals surface area contributed by atoms with Crippen LogP contribution in [0.1, 0.15) is 26.7 Å². The lowest BCUT2D eigenvalue weighted by Crippen LogP contribution is -1.98. The number of hydrogen-bond donors (Lipinski definition) is 0. The Labute approximate surface area is 86.4 Å². The van der Waals surface area contributed by atoms with Gasteiger partial charge in [-0.3, -0.25) is 0 Å². The molecular formula is C11H20O3. The van der Waals surface area contributed by atoms with Gasteiger partial charge in [0.05, 0.1) is 20.0 Å². The highest BCUT2D eigenvalue weighted by atomic mass is 16.5. The molecule has 0 spiro atoms. The summed E-state index contributed by atoms with van der Waals surface area (Å²) in [7, 11) is 1.33. The maximum Gasteiger partial charge on any atom is 0.332 e. The summed E-state index contributed by atoms with van der Waals surface area (Å²) in [5.41, 5.74) is 0.433. The lowest BCUT2D eigenvalue weighted by Gasteiger charge is -1.93. The monoisotopic (exact) mass is 200 g/mol. The first-order valence-corrected chi connectivity index (χ1v) is 4.56. The number of hydrogen-bond acceptors (Lipinski definition) is 3. The molecule has 0 saturated carbocycles. The van der Waals surface area contributed by atoms with E-state index in [0.29, 0.717) is 5.57 Å². The second-order valence-electron chi connectivity index (χ2n) is 2.66. The fraction of sp³-hybridized carbons (Fsp3) is 0.545. The Kier molecular flexibility index (Phi) is 12.8. The van der Waals surface area contributed by atoms with Crippen molar-refractivity contribution in [3.05, 3.63) is 25.0 Å². The van der Waals surface area contributed by atoms with Gasteiger partial charge in [0.15, 0.2) is 0 Å². The average Bonchev–Trinajstić information content (AvgIpc) is 2.18. The Hall–Kier alpha value is -1.25. The lowest BCUT2D eigenvalue weighted by atomic mass is 10.4. The fourth-order valence-electron chi connectivity index (χ4n) is 0.485. The van der Waals surface area contributed by atoms with Crippen molar-refractivity contribution in [2.24, 2.45) is 0 Å². The number of esters is 1. The van der Waals surface area contributed by atoms with Gasteiger partial charge in [-0.2, -0.15) is 0 Å². The van der Waals surface area contributed by atoms with Gasteiger partial charge in [0.1, 0.15) is 0 Å². The van der Waals surface area contributed by atoms with Crippen LogP contribution in [0.4, 0.5) is 0 Å². The number of carbonyl (C=O) groups excluding carboxylic acids is 1. The van der Waals surface area contributed by atoms with Crippen LogP contribution in [-0.4, -0.2) is 19.7 Å². The normalized spacial score (nSPS) is 7.93. The third-order valence-electron chi connectivity index (χ3n) is 1.27. The van der Waals surface area contributed by atoms with Gasteiger partial charge in [-0.1, -0.05) is 26.5 Å². The minimum Gasteiger partial charge on any atom is -0.502 e. The maximum atomic E-state index is 10.2. The summed E-state index contributed by atoms with van der Waals surface area (Å²) in [6.07, 6.45) is 3.80. The van der Waals surface area contributed by atoms with Crippen LogP contribution in [0.3, 0.4) is 0 Å². The first-order valence-electron chi connectivity index (χ1n) is 4.56. The van der Waals surface area contributed by atoms with Crippen LogP contribution in [-0.2, 0) is 14.3 Å². The summed E-state index contributed by atoms with van der Waals surface area (Å²) in [5.74, 6) is -0.347. The quantitative estimate of drug-likeness (QED) is 0.296. The number of rotatable bonds is 5. The molecule has 0 bridgehead atoms. The summed E-state index contributed by atoms with van der Waals surface area (Å²) < 4.78 is 9.11. The molecule has 0 N–H and O–H groups in total. The molecule has 82 valence electrons. The summed E-state index contributed by atoms with van der Waals surface area (Å²) in [6.45, 7) is 11.3. The Bertz CT molecular complexity index is 173. The molecule has 3 nitrogen and oxygen atoms in total. The zero-order chi connectivity index (χ0) is 11.4. The summed E-state index contributed by atoms with van der Waals surface area (Å²) >= 11 is 0. The molecule has 0 aliphatic carbocycles. The third kappa shape index (κ3) is 13.3. The van der Waals surface area contributed by atoms with Crippen LogP contribution in [0.25, 0.3) is 0 Å². The summed E-state index contributed by atoms with van der Waals surface area (Å²) in [5, 5.41) is 0. The van der Waals surface area contributed by atoms with Crippen LogP contribution in [0.15, 0.2) is 25.0 Å². The van der Waals surface area contributed by atoms with Crippen molar-refractivity contribution in [2.75, 3.05) is 13.7 Å². The summed E-state index contributed by atoms with van der Waals surface area (Å²) in [6, 6.07) is 0. The maximum absolute atomic E-state index is 10.2. The second kappa shape index (κ2) is 11.8. The van der Waals surface area contributed by atoms with Gasteiger partial charge in [0.25, 0.3) is 0 Å². The minimum atomic E-state index is -0.347. The molecule has 0 heterocycles. The molecule has 0 fully saturated rings. The van der Waals surface area contributed by atoms with Gasteiger partial charge in [-0.25, -0.2) is 4.79 Å². The van der Waals surface area contributed by atoms with Crippen LogP contribution in [0.2, 0.25) is 0 Å². The van der Waals surface area contributed by atoms with E-state index in [0.717, 1.165) is 13.0 Å². The van der Waals surface area contributed by atoms with E-state index in [4.69, 9.17) is 4.74 Å². The Morgan fingerprint density at radius 1 is 1.50 bits per heavy atom. The Morgan fingerprint density at radius 3 is 2.29 bits per heavy atom. The highest BCUT2D eigenvalue weighted by Gasteiger charge is 1.95. The van der Waals surface area contributed by atoms with Gasteiger partial charge in [-0.05, 0) is 13.3 Å². The number of ether oxygens (including phenoxy) is 2. The van der Waals surface area contributed by atoms with Crippen molar-refractivity contribution in [1.29, 1.82) is 0 Å². The standard InChI is InChI=1S/C6H12O.C5H8O2/c1-3-5-6-7-4-2;1-4(2)5(6)7-3/h4H,2-3,5-6H2,1H3;1H2,2-3H3. The first kappa shape index (κ1) is 15.2. The van der Waals surface area contributed by atoms with Gasteiger partial charge >= 0.3 is 5.97 Å². The molecular weight excluding hydrogens is 180 g/mol. The minimum absolute atomic E-state index is 0.347. The van der Waals surface area contributed by atoms with Crippen LogP contribution < -0.4 is 0 Å². The highest BCUT2D eigenvalue weighted by molar-refractivity contribution is 5.86. The number of carbonyl (C=O) groups is 1. The largest absolute Gasteiger partial charge is 0.502 e. The van der Waals surface area contributed by atoms with E-state index >= 15 is 0 Å². The van der Waals surface area contributed by atoms with Crippen LogP contribution in [0, 0.1) is 0 Å². The number of methoxy groups -OCH3 is 1. The molecule has 3 heteroatoms. The average molecular weight is 200 g/mol. The molecule has 0 rings (SSSR count). The fourth-order valence-corrected chi connectivity index (χ4v) is 0.485. The molecule has 0 atom stereocenters. The molecule has 0 unspecified atom stereocenters. The molecule has 0 saturated heterocycles. The Morgan fingerprint density at radius 2 is 2.07 bits per heavy atom. The SMILES string of the molecule is C=C(C)C(=O)OC.C=COCCCC. The Balaban J connectivity index is 0. The van der Waals surface area contributed by atoms with Crippen LogP contribution >= 0.6 is 0 Å². The van der Waals surface area contributed by atoms with E-state index in [2.05, 4.69) is 24.8 Å². The van der Waals surface area contributed by atoms with Crippen molar-refractivity contribution in [1.82, 2.24) is 0 Å². The lowest BCUT2D eigenvalue weighted by molar-refractivity contribution is -0.136. The number of unbranched alkanes of at least 4 members (excludes halogenated alkanes) is 1. The zero-order valence-electron chi connectivity index (χ0n) is 9.34. The van der Waals surface area contributed by atoms with Crippen molar-refractivity contribution >= 4 is 5.97 Å². The second-order valence-corrected chi connectivity index (χ2v) is 2.66. The smallest absolute Gasteiger partial charge is 0.332 e. The van der Waals surface area contributed by atoms with Crippen molar-refractivity contribution < 1.29 is 14.3 Å². The third-order valence-corrected chi connectivity index (χ3v) is 1.27. The van der Waals surface area contributed by atoms with Gasteiger partial charge in [0.2, 0.25) is 0 Å². The van der Waals surface area contributed by atoms with Crippen molar-refractivity contribution in [3.63, 3.8) is 0 Å². The predicted octanol–water partition coefficient (Wildman–Crippen LogP) is 2.68. The molecule has 14 heavy (non-hydrogen) atoms. The van der Waals surface area contributed by atoms with E-state index in [1.54, 1.807) is 6.92 Å². The van der Waals surface area contributed by atoms with Crippen LogP contribution in [0.5, 0.6) is 0 Å². The topological polar surface area (TPSA) is 35.5 Å². The molecule has 0 amide bonds. The highest BCUT2D eigenvalue weighted by Crippen LogP contribution is 1.87. The van der Waals surface area contributed by atoms with Gasteiger partial charge in [0, 0.05) is 5.57 Å². The van der Waals surface area contributed by atoms with Gasteiger partial charge < -0.3 is 9.47 Å². The van der Waals surface area contributed by atoms with E-state index in [-0.39, 0.29) is 5.97 Å². The van der Waals surface area contributed by atoms with E-state index in [9.17, 15) is 4.79 Å². The first-order chi connectivity index (χ1) is 6.59. The molecule has 0 aromatic rings. The molecule has 0 aromatic carbocycles. The van der Waals surface area contributed by atoms with E-state index < -0.39 is 0 Å². The molecule has 0 aliphatic rings. The van der Waals surface area contributed by atoms with E-state index in [1.807, 2.05) is 0 Å². The predicted molar refractivity (Wildman–Crippen MR) is 57.9 cm³/mol. The molecule has 0 radical (unpaired) electrons. The summed E-state index contributed by atoms with van der Waals surface area (Å²) in [4.78, 5) is 10.2. The molecule has 0 aliphatic heterocycles.